The molecule has 0 spiro atoms. The summed E-state index contributed by atoms with van der Waals surface area (Å²) < 4.78 is 5.47. The predicted molar refractivity (Wildman–Crippen MR) is 306 cm³/mol. The van der Waals surface area contributed by atoms with Gasteiger partial charge in [-0.1, -0.05) is 328 Å². The fraction of sp³-hybridized carbons (Fsp3) is 0.938. The predicted octanol–water partition coefficient (Wildman–Crippen LogP) is 20.0. The van der Waals surface area contributed by atoms with Gasteiger partial charge < -0.3 is 20.3 Å². The molecular formula is C64H125NO5. The summed E-state index contributed by atoms with van der Waals surface area (Å²) in [5, 5.41) is 23.1. The first-order valence-corrected chi connectivity index (χ1v) is 32.0. The summed E-state index contributed by atoms with van der Waals surface area (Å²) in [6.45, 7) is 4.92. The number of allylic oxidation sites excluding steroid dienone is 1. The monoisotopic (exact) mass is 988 g/mol. The van der Waals surface area contributed by atoms with Crippen LogP contribution in [0.4, 0.5) is 0 Å². The van der Waals surface area contributed by atoms with Crippen LogP contribution < -0.4 is 5.32 Å². The van der Waals surface area contributed by atoms with E-state index in [9.17, 15) is 19.8 Å². The van der Waals surface area contributed by atoms with Crippen LogP contribution in [0.3, 0.4) is 0 Å². The van der Waals surface area contributed by atoms with E-state index in [1.54, 1.807) is 6.08 Å². The van der Waals surface area contributed by atoms with Crippen LogP contribution in [0.25, 0.3) is 0 Å². The third-order valence-electron chi connectivity index (χ3n) is 15.1. The second-order valence-corrected chi connectivity index (χ2v) is 22.1. The molecule has 0 aromatic rings. The first kappa shape index (κ1) is 68.6. The van der Waals surface area contributed by atoms with Crippen LogP contribution in [0.2, 0.25) is 0 Å². The van der Waals surface area contributed by atoms with Crippen molar-refractivity contribution in [3.05, 3.63) is 12.2 Å². The molecular weight excluding hydrogens is 863 g/mol. The molecule has 0 saturated heterocycles. The number of rotatable bonds is 60. The SMILES string of the molecule is CCCCCCCCCCCC/C=C/C(O)C(CO)NC(=O)CCCCCCCCCCCCCCCCCCCCCCCCCCCCCCCCOC(=O)CCCCCCCCCCCCC. The molecule has 0 heterocycles. The number of unbranched alkanes of at least 4 members (excludes halogenated alkanes) is 49. The summed E-state index contributed by atoms with van der Waals surface area (Å²) in [5.41, 5.74) is 0. The zero-order valence-corrected chi connectivity index (χ0v) is 47.5. The highest BCUT2D eigenvalue weighted by atomic mass is 16.5. The van der Waals surface area contributed by atoms with Gasteiger partial charge >= 0.3 is 5.97 Å². The van der Waals surface area contributed by atoms with E-state index in [-0.39, 0.29) is 18.5 Å². The molecule has 6 nitrogen and oxygen atoms in total. The number of nitrogens with one attached hydrogen (secondary N) is 1. The molecule has 2 unspecified atom stereocenters. The molecule has 0 fully saturated rings. The minimum atomic E-state index is -0.839. The fourth-order valence-electron chi connectivity index (χ4n) is 10.2. The molecule has 0 rings (SSSR count). The summed E-state index contributed by atoms with van der Waals surface area (Å²) in [6.07, 6.45) is 72.8. The zero-order chi connectivity index (χ0) is 50.7. The van der Waals surface area contributed by atoms with Crippen LogP contribution in [0, 0.1) is 0 Å². The quantitative estimate of drug-likeness (QED) is 0.0321. The summed E-state index contributed by atoms with van der Waals surface area (Å²) in [4.78, 5) is 24.4. The Bertz CT molecular complexity index is 1050. The summed E-state index contributed by atoms with van der Waals surface area (Å²) in [6, 6.07) is -0.623. The Morgan fingerprint density at radius 1 is 0.386 bits per heavy atom. The lowest BCUT2D eigenvalue weighted by molar-refractivity contribution is -0.143. The van der Waals surface area contributed by atoms with Gasteiger partial charge in [0.25, 0.3) is 0 Å². The van der Waals surface area contributed by atoms with Gasteiger partial charge in [0.05, 0.1) is 25.4 Å². The van der Waals surface area contributed by atoms with E-state index in [1.165, 1.54) is 295 Å². The van der Waals surface area contributed by atoms with Gasteiger partial charge in [0, 0.05) is 12.8 Å². The number of hydrogen-bond acceptors (Lipinski definition) is 5. The molecule has 0 aromatic heterocycles. The number of carbonyl (C=O) groups excluding carboxylic acids is 2. The molecule has 0 bridgehead atoms. The molecule has 0 radical (unpaired) electrons. The van der Waals surface area contributed by atoms with Crippen molar-refractivity contribution in [1.29, 1.82) is 0 Å². The smallest absolute Gasteiger partial charge is 0.305 e. The number of aliphatic hydroxyl groups is 2. The Balaban J connectivity index is 3.32. The average molecular weight is 989 g/mol. The number of carbonyl (C=O) groups is 2. The van der Waals surface area contributed by atoms with Gasteiger partial charge in [0.2, 0.25) is 5.91 Å². The number of amides is 1. The van der Waals surface area contributed by atoms with E-state index in [2.05, 4.69) is 19.2 Å². The third kappa shape index (κ3) is 55.9. The average Bonchev–Trinajstić information content (AvgIpc) is 3.36. The second kappa shape index (κ2) is 60.2. The number of esters is 1. The van der Waals surface area contributed by atoms with Crippen molar-refractivity contribution in [3.8, 4) is 0 Å². The standard InChI is InChI=1S/C64H125NO5/c1-3-5-7-9-11-13-15-37-40-44-48-52-56-62(67)61(60-66)65-63(68)57-53-49-45-41-38-34-32-30-28-26-24-22-20-18-16-17-19-21-23-25-27-29-31-33-35-39-43-47-51-55-59-70-64(69)58-54-50-46-42-36-14-12-10-8-6-4-2/h52,56,61-62,66-67H,3-51,53-55,57-60H2,1-2H3,(H,65,68)/b56-52+. The maximum Gasteiger partial charge on any atom is 0.305 e. The maximum absolute atomic E-state index is 12.4. The number of aliphatic hydroxyl groups excluding tert-OH is 2. The summed E-state index contributed by atoms with van der Waals surface area (Å²) >= 11 is 0. The first-order valence-electron chi connectivity index (χ1n) is 32.0. The van der Waals surface area contributed by atoms with E-state index in [0.29, 0.717) is 19.4 Å². The Morgan fingerprint density at radius 3 is 0.971 bits per heavy atom. The summed E-state index contributed by atoms with van der Waals surface area (Å²) in [7, 11) is 0. The molecule has 1 amide bonds. The molecule has 0 aliphatic carbocycles. The Hall–Kier alpha value is -1.40. The lowest BCUT2D eigenvalue weighted by Gasteiger charge is -2.20. The van der Waals surface area contributed by atoms with Gasteiger partial charge in [-0.25, -0.2) is 0 Å². The van der Waals surface area contributed by atoms with Crippen molar-refractivity contribution in [2.45, 2.75) is 373 Å². The molecule has 0 aromatic carbocycles. The number of hydrogen-bond donors (Lipinski definition) is 3. The van der Waals surface area contributed by atoms with Crippen molar-refractivity contribution in [2.24, 2.45) is 0 Å². The van der Waals surface area contributed by atoms with Crippen LogP contribution in [-0.2, 0) is 14.3 Å². The topological polar surface area (TPSA) is 95.9 Å². The van der Waals surface area contributed by atoms with Crippen molar-refractivity contribution < 1.29 is 24.5 Å². The fourth-order valence-corrected chi connectivity index (χ4v) is 10.2. The zero-order valence-electron chi connectivity index (χ0n) is 47.5. The molecule has 0 aliphatic rings. The highest BCUT2D eigenvalue weighted by Crippen LogP contribution is 2.18. The molecule has 0 saturated carbocycles. The van der Waals surface area contributed by atoms with Gasteiger partial charge in [-0.3, -0.25) is 9.59 Å². The molecule has 2 atom stereocenters. The van der Waals surface area contributed by atoms with Gasteiger partial charge in [-0.2, -0.15) is 0 Å². The molecule has 3 N–H and O–H groups in total. The molecule has 70 heavy (non-hydrogen) atoms. The Kier molecular flexibility index (Phi) is 59.0. The highest BCUT2D eigenvalue weighted by molar-refractivity contribution is 5.76. The summed E-state index contributed by atoms with van der Waals surface area (Å²) in [5.74, 6) is -0.0432. The molecule has 0 aliphatic heterocycles. The minimum Gasteiger partial charge on any atom is -0.466 e. The van der Waals surface area contributed by atoms with E-state index in [4.69, 9.17) is 4.74 Å². The first-order chi connectivity index (χ1) is 34.5. The van der Waals surface area contributed by atoms with Gasteiger partial charge in [0.15, 0.2) is 0 Å². The normalized spacial score (nSPS) is 12.6. The van der Waals surface area contributed by atoms with E-state index < -0.39 is 12.1 Å². The van der Waals surface area contributed by atoms with Gasteiger partial charge in [0.1, 0.15) is 0 Å². The van der Waals surface area contributed by atoms with Crippen molar-refractivity contribution in [3.63, 3.8) is 0 Å². The lowest BCUT2D eigenvalue weighted by atomic mass is 10.0. The van der Waals surface area contributed by atoms with Crippen molar-refractivity contribution in [1.82, 2.24) is 5.32 Å². The third-order valence-corrected chi connectivity index (χ3v) is 15.1. The van der Waals surface area contributed by atoms with E-state index in [1.807, 2.05) is 6.08 Å². The molecule has 416 valence electrons. The van der Waals surface area contributed by atoms with Crippen LogP contribution in [0.15, 0.2) is 12.2 Å². The molecule has 6 heteroatoms. The van der Waals surface area contributed by atoms with Crippen molar-refractivity contribution in [2.75, 3.05) is 13.2 Å². The van der Waals surface area contributed by atoms with Crippen LogP contribution >= 0.6 is 0 Å². The Labute approximate surface area is 438 Å². The minimum absolute atomic E-state index is 0.0199. The van der Waals surface area contributed by atoms with Crippen molar-refractivity contribution >= 4 is 11.9 Å². The van der Waals surface area contributed by atoms with E-state index >= 15 is 0 Å². The second-order valence-electron chi connectivity index (χ2n) is 22.1. The Morgan fingerprint density at radius 2 is 0.657 bits per heavy atom. The van der Waals surface area contributed by atoms with E-state index in [0.717, 1.165) is 38.5 Å². The van der Waals surface area contributed by atoms with Crippen LogP contribution in [0.1, 0.15) is 361 Å². The van der Waals surface area contributed by atoms with Gasteiger partial charge in [-0.15, -0.1) is 0 Å². The van der Waals surface area contributed by atoms with Crippen LogP contribution in [0.5, 0.6) is 0 Å². The highest BCUT2D eigenvalue weighted by Gasteiger charge is 2.18. The number of ether oxygens (including phenoxy) is 1. The van der Waals surface area contributed by atoms with Gasteiger partial charge in [-0.05, 0) is 32.1 Å². The largest absolute Gasteiger partial charge is 0.466 e. The maximum atomic E-state index is 12.4. The van der Waals surface area contributed by atoms with Crippen LogP contribution in [-0.4, -0.2) is 47.4 Å². The lowest BCUT2D eigenvalue weighted by Crippen LogP contribution is -2.45.